The van der Waals surface area contributed by atoms with Crippen LogP contribution in [0.5, 0.6) is 11.5 Å². The minimum absolute atomic E-state index is 0.0709. The van der Waals surface area contributed by atoms with Crippen molar-refractivity contribution in [2.75, 3.05) is 19.0 Å². The Balaban J connectivity index is 2.11. The number of halogens is 3. The molecule has 0 aliphatic carbocycles. The zero-order valence-electron chi connectivity index (χ0n) is 14.4. The summed E-state index contributed by atoms with van der Waals surface area (Å²) in [7, 11) is 1.53. The zero-order valence-corrected chi connectivity index (χ0v) is 14.4. The molecule has 2 rings (SSSR count). The lowest BCUT2D eigenvalue weighted by molar-refractivity contribution is -0.153. The number of nitrogens with two attached hydrogens (primary N) is 1. The summed E-state index contributed by atoms with van der Waals surface area (Å²) in [6.45, 7) is 0.481. The fourth-order valence-corrected chi connectivity index (χ4v) is 2.18. The number of para-hydroxylation sites is 2. The third kappa shape index (κ3) is 5.87. The van der Waals surface area contributed by atoms with Crippen molar-refractivity contribution in [2.45, 2.75) is 19.6 Å². The van der Waals surface area contributed by atoms with Gasteiger partial charge in [0.25, 0.3) is 0 Å². The second kappa shape index (κ2) is 8.46. The standard InChI is InChI=1S/C18H20F3N3O2/c1-12-7-8-13(16(9-12)26-11-18(19,20)21)10-23-17(22)24-14-5-3-4-6-15(14)25-2/h3-9H,10-11H2,1-2H3,(H3,22,23,24). The second-order valence-corrected chi connectivity index (χ2v) is 5.54. The minimum atomic E-state index is -4.41. The van der Waals surface area contributed by atoms with Crippen LogP contribution in [0.25, 0.3) is 0 Å². The molecule has 0 aliphatic heterocycles. The van der Waals surface area contributed by atoms with Gasteiger partial charge in [0, 0.05) is 5.56 Å². The Bertz CT molecular complexity index is 777. The Labute approximate surface area is 149 Å². The molecule has 140 valence electrons. The Morgan fingerprint density at radius 1 is 1.15 bits per heavy atom. The number of hydrogen-bond acceptors (Lipinski definition) is 3. The van der Waals surface area contributed by atoms with Crippen LogP contribution in [0.2, 0.25) is 0 Å². The lowest BCUT2D eigenvalue weighted by Crippen LogP contribution is -2.23. The largest absolute Gasteiger partial charge is 0.495 e. The number of alkyl halides is 3. The fraction of sp³-hybridized carbons (Fsp3) is 0.278. The quantitative estimate of drug-likeness (QED) is 0.601. The van der Waals surface area contributed by atoms with Crippen molar-refractivity contribution in [1.29, 1.82) is 0 Å². The molecule has 0 saturated heterocycles. The first-order valence-corrected chi connectivity index (χ1v) is 7.77. The Morgan fingerprint density at radius 3 is 2.58 bits per heavy atom. The summed E-state index contributed by atoms with van der Waals surface area (Å²) < 4.78 is 47.3. The molecule has 5 nitrogen and oxygen atoms in total. The van der Waals surface area contributed by atoms with Gasteiger partial charge in [-0.05, 0) is 30.7 Å². The summed E-state index contributed by atoms with van der Waals surface area (Å²) >= 11 is 0. The van der Waals surface area contributed by atoms with Crippen molar-refractivity contribution in [3.8, 4) is 11.5 Å². The first-order chi connectivity index (χ1) is 12.3. The van der Waals surface area contributed by atoms with Crippen LogP contribution < -0.4 is 20.5 Å². The highest BCUT2D eigenvalue weighted by Crippen LogP contribution is 2.25. The molecule has 2 aromatic rings. The summed E-state index contributed by atoms with van der Waals surface area (Å²) in [5, 5.41) is 2.90. The maximum Gasteiger partial charge on any atom is 0.422 e. The molecular formula is C18H20F3N3O2. The van der Waals surface area contributed by atoms with Crippen LogP contribution in [0.15, 0.2) is 47.5 Å². The molecule has 0 aliphatic rings. The number of rotatable bonds is 6. The molecular weight excluding hydrogens is 347 g/mol. The number of methoxy groups -OCH3 is 1. The van der Waals surface area contributed by atoms with E-state index in [0.717, 1.165) is 5.56 Å². The zero-order chi connectivity index (χ0) is 19.2. The Hall–Kier alpha value is -2.90. The highest BCUT2D eigenvalue weighted by Gasteiger charge is 2.28. The van der Waals surface area contributed by atoms with E-state index in [1.54, 1.807) is 43.3 Å². The van der Waals surface area contributed by atoms with E-state index in [9.17, 15) is 13.2 Å². The second-order valence-electron chi connectivity index (χ2n) is 5.54. The van der Waals surface area contributed by atoms with Crippen LogP contribution in [-0.4, -0.2) is 25.9 Å². The molecule has 0 fully saturated rings. The normalized spacial score (nSPS) is 12.0. The van der Waals surface area contributed by atoms with E-state index in [0.29, 0.717) is 17.0 Å². The molecule has 0 spiro atoms. The van der Waals surface area contributed by atoms with Gasteiger partial charge in [-0.1, -0.05) is 24.3 Å². The van der Waals surface area contributed by atoms with Gasteiger partial charge in [-0.25, -0.2) is 4.99 Å². The average Bonchev–Trinajstić information content (AvgIpc) is 2.59. The summed E-state index contributed by atoms with van der Waals surface area (Å²) in [5.74, 6) is 0.836. The van der Waals surface area contributed by atoms with Crippen molar-refractivity contribution >= 4 is 11.6 Å². The smallest absolute Gasteiger partial charge is 0.422 e. The predicted molar refractivity (Wildman–Crippen MR) is 94.7 cm³/mol. The van der Waals surface area contributed by atoms with Crippen LogP contribution in [0.3, 0.4) is 0 Å². The van der Waals surface area contributed by atoms with E-state index in [-0.39, 0.29) is 18.3 Å². The highest BCUT2D eigenvalue weighted by molar-refractivity contribution is 5.93. The van der Waals surface area contributed by atoms with Crippen molar-refractivity contribution < 1.29 is 22.6 Å². The molecule has 0 bridgehead atoms. The van der Waals surface area contributed by atoms with Gasteiger partial charge in [-0.3, -0.25) is 0 Å². The lowest BCUT2D eigenvalue weighted by Gasteiger charge is -2.14. The number of hydrogen-bond donors (Lipinski definition) is 2. The van der Waals surface area contributed by atoms with Gasteiger partial charge in [-0.15, -0.1) is 0 Å². The van der Waals surface area contributed by atoms with Crippen LogP contribution in [-0.2, 0) is 6.54 Å². The van der Waals surface area contributed by atoms with E-state index in [2.05, 4.69) is 10.3 Å². The first-order valence-electron chi connectivity index (χ1n) is 7.77. The van der Waals surface area contributed by atoms with Crippen LogP contribution in [0.1, 0.15) is 11.1 Å². The first kappa shape index (κ1) is 19.4. The lowest BCUT2D eigenvalue weighted by atomic mass is 10.1. The number of ether oxygens (including phenoxy) is 2. The number of aryl methyl sites for hydroxylation is 1. The average molecular weight is 367 g/mol. The Morgan fingerprint density at radius 2 is 1.88 bits per heavy atom. The number of aliphatic imine (C=N–C) groups is 1. The van der Waals surface area contributed by atoms with Crippen LogP contribution in [0, 0.1) is 6.92 Å². The van der Waals surface area contributed by atoms with Gasteiger partial charge in [0.05, 0.1) is 19.3 Å². The summed E-state index contributed by atoms with van der Waals surface area (Å²) in [5.41, 5.74) is 7.79. The highest BCUT2D eigenvalue weighted by atomic mass is 19.4. The van der Waals surface area contributed by atoms with Crippen molar-refractivity contribution in [3.63, 3.8) is 0 Å². The maximum absolute atomic E-state index is 12.4. The SMILES string of the molecule is COc1ccccc1NC(N)=NCc1ccc(C)cc1OCC(F)(F)F. The third-order valence-corrected chi connectivity index (χ3v) is 3.40. The van der Waals surface area contributed by atoms with Crippen molar-refractivity contribution in [2.24, 2.45) is 10.7 Å². The van der Waals surface area contributed by atoms with Crippen molar-refractivity contribution in [3.05, 3.63) is 53.6 Å². The van der Waals surface area contributed by atoms with Gasteiger partial charge >= 0.3 is 6.18 Å². The van der Waals surface area contributed by atoms with Gasteiger partial charge in [-0.2, -0.15) is 13.2 Å². The van der Waals surface area contributed by atoms with E-state index >= 15 is 0 Å². The number of guanidine groups is 1. The summed E-state index contributed by atoms with van der Waals surface area (Å²) in [6, 6.07) is 12.1. The molecule has 0 heterocycles. The number of anilines is 1. The molecule has 2 aromatic carbocycles. The molecule has 0 unspecified atom stereocenters. The fourth-order valence-electron chi connectivity index (χ4n) is 2.18. The molecule has 0 saturated carbocycles. The molecule has 0 amide bonds. The van der Waals surface area contributed by atoms with Gasteiger partial charge in [0.1, 0.15) is 11.5 Å². The topological polar surface area (TPSA) is 68.9 Å². The van der Waals surface area contributed by atoms with Crippen molar-refractivity contribution in [1.82, 2.24) is 0 Å². The molecule has 0 aromatic heterocycles. The van der Waals surface area contributed by atoms with E-state index in [1.165, 1.54) is 7.11 Å². The van der Waals surface area contributed by atoms with E-state index < -0.39 is 12.8 Å². The predicted octanol–water partition coefficient (Wildman–Crippen LogP) is 3.87. The molecule has 8 heteroatoms. The number of nitrogens with zero attached hydrogens (tertiary/aromatic N) is 1. The molecule has 0 atom stereocenters. The van der Waals surface area contributed by atoms with E-state index in [1.807, 2.05) is 6.07 Å². The summed E-state index contributed by atoms with van der Waals surface area (Å²) in [4.78, 5) is 4.17. The number of benzene rings is 2. The maximum atomic E-state index is 12.4. The number of nitrogens with one attached hydrogen (secondary N) is 1. The van der Waals surface area contributed by atoms with E-state index in [4.69, 9.17) is 15.2 Å². The van der Waals surface area contributed by atoms with Crippen LogP contribution >= 0.6 is 0 Å². The Kier molecular flexibility index (Phi) is 6.32. The molecule has 26 heavy (non-hydrogen) atoms. The van der Waals surface area contributed by atoms with Gasteiger partial charge in [0.15, 0.2) is 12.6 Å². The van der Waals surface area contributed by atoms with Crippen LogP contribution in [0.4, 0.5) is 18.9 Å². The van der Waals surface area contributed by atoms with Gasteiger partial charge in [0.2, 0.25) is 0 Å². The van der Waals surface area contributed by atoms with Gasteiger partial charge < -0.3 is 20.5 Å². The molecule has 0 radical (unpaired) electrons. The summed E-state index contributed by atoms with van der Waals surface area (Å²) in [6.07, 6.45) is -4.41. The third-order valence-electron chi connectivity index (χ3n) is 3.40. The monoisotopic (exact) mass is 367 g/mol. The minimum Gasteiger partial charge on any atom is -0.495 e. The molecule has 3 N–H and O–H groups in total.